The molecule has 0 unspecified atom stereocenters. The van der Waals surface area contributed by atoms with E-state index in [4.69, 9.17) is 4.74 Å². The summed E-state index contributed by atoms with van der Waals surface area (Å²) in [5.41, 5.74) is 0. The number of rotatable bonds is 13. The SMILES string of the molecule is CCCCCC=CCC=CC=CC=CCCCC(=O)OC1CCCCC1. The van der Waals surface area contributed by atoms with Gasteiger partial charge in [-0.1, -0.05) is 74.8 Å². The smallest absolute Gasteiger partial charge is 0.306 e. The average Bonchev–Trinajstić information content (AvgIpc) is 2.65. The molecule has 0 spiro atoms. The lowest BCUT2D eigenvalue weighted by Gasteiger charge is -2.21. The van der Waals surface area contributed by atoms with Crippen molar-refractivity contribution >= 4 is 5.97 Å². The summed E-state index contributed by atoms with van der Waals surface area (Å²) in [5.74, 6) is -0.0217. The van der Waals surface area contributed by atoms with Crippen LogP contribution < -0.4 is 0 Å². The molecule has 0 saturated heterocycles. The third-order valence-corrected chi connectivity index (χ3v) is 4.62. The molecule has 0 aromatic rings. The van der Waals surface area contributed by atoms with E-state index in [0.717, 1.165) is 32.1 Å². The van der Waals surface area contributed by atoms with Gasteiger partial charge in [0.15, 0.2) is 0 Å². The standard InChI is InChI=1S/C24H38O2/c1-2-3-4-5-6-7-8-9-10-11-12-13-14-15-19-22-24(25)26-23-20-17-16-18-21-23/h6-7,9-14,23H,2-5,8,15-22H2,1H3. The van der Waals surface area contributed by atoms with E-state index >= 15 is 0 Å². The Labute approximate surface area is 161 Å². The van der Waals surface area contributed by atoms with Gasteiger partial charge in [-0.15, -0.1) is 0 Å². The Bertz CT molecular complexity index is 451. The molecule has 1 aliphatic carbocycles. The summed E-state index contributed by atoms with van der Waals surface area (Å²) < 4.78 is 5.52. The minimum absolute atomic E-state index is 0.0217. The van der Waals surface area contributed by atoms with Gasteiger partial charge in [0.2, 0.25) is 0 Å². The highest BCUT2D eigenvalue weighted by Crippen LogP contribution is 2.20. The van der Waals surface area contributed by atoms with Crippen molar-refractivity contribution in [2.45, 2.75) is 96.5 Å². The Hall–Kier alpha value is -1.57. The van der Waals surface area contributed by atoms with Crippen LogP contribution in [-0.2, 0) is 9.53 Å². The highest BCUT2D eigenvalue weighted by molar-refractivity contribution is 5.69. The fourth-order valence-corrected chi connectivity index (χ4v) is 3.06. The van der Waals surface area contributed by atoms with E-state index in [9.17, 15) is 4.79 Å². The molecule has 0 heterocycles. The number of allylic oxidation sites excluding steroid dienone is 8. The fraction of sp³-hybridized carbons (Fsp3) is 0.625. The van der Waals surface area contributed by atoms with Crippen LogP contribution in [0.25, 0.3) is 0 Å². The number of hydrogen-bond acceptors (Lipinski definition) is 2. The molecule has 1 fully saturated rings. The van der Waals surface area contributed by atoms with Crippen molar-refractivity contribution in [3.05, 3.63) is 48.6 Å². The van der Waals surface area contributed by atoms with Gasteiger partial charge in [-0.05, 0) is 57.8 Å². The van der Waals surface area contributed by atoms with Gasteiger partial charge in [-0.3, -0.25) is 4.79 Å². The molecule has 1 aliphatic rings. The Morgan fingerprint density at radius 1 is 0.846 bits per heavy atom. The van der Waals surface area contributed by atoms with E-state index in [0.29, 0.717) is 6.42 Å². The van der Waals surface area contributed by atoms with Crippen molar-refractivity contribution in [1.29, 1.82) is 0 Å². The molecule has 26 heavy (non-hydrogen) atoms. The van der Waals surface area contributed by atoms with Crippen LogP contribution >= 0.6 is 0 Å². The Kier molecular flexibility index (Phi) is 14.6. The first-order valence-corrected chi connectivity index (χ1v) is 10.7. The molecule has 0 radical (unpaired) electrons. The zero-order chi connectivity index (χ0) is 18.7. The minimum atomic E-state index is -0.0217. The first kappa shape index (κ1) is 22.5. The molecule has 146 valence electrons. The number of unbranched alkanes of at least 4 members (excludes halogenated alkanes) is 4. The molecule has 0 atom stereocenters. The summed E-state index contributed by atoms with van der Waals surface area (Å²) >= 11 is 0. The molecule has 0 aromatic heterocycles. The molecule has 2 heteroatoms. The summed E-state index contributed by atoms with van der Waals surface area (Å²) in [4.78, 5) is 11.8. The molecule has 2 nitrogen and oxygen atoms in total. The van der Waals surface area contributed by atoms with Gasteiger partial charge in [0.1, 0.15) is 6.10 Å². The van der Waals surface area contributed by atoms with Crippen molar-refractivity contribution in [1.82, 2.24) is 0 Å². The topological polar surface area (TPSA) is 26.3 Å². The number of carbonyl (C=O) groups is 1. The summed E-state index contributed by atoms with van der Waals surface area (Å²) in [7, 11) is 0. The second-order valence-corrected chi connectivity index (χ2v) is 7.09. The van der Waals surface area contributed by atoms with Crippen molar-refractivity contribution in [2.75, 3.05) is 0 Å². The maximum Gasteiger partial charge on any atom is 0.306 e. The molecule has 1 saturated carbocycles. The number of hydrogen-bond donors (Lipinski definition) is 0. The van der Waals surface area contributed by atoms with E-state index in [2.05, 4.69) is 49.5 Å². The predicted octanol–water partition coefficient (Wildman–Crippen LogP) is 7.23. The zero-order valence-electron chi connectivity index (χ0n) is 16.7. The maximum absolute atomic E-state index is 11.8. The second kappa shape index (κ2) is 16.9. The van der Waals surface area contributed by atoms with Gasteiger partial charge >= 0.3 is 5.97 Å². The Balaban J connectivity index is 1.96. The average molecular weight is 359 g/mol. The normalized spacial score (nSPS) is 16.5. The highest BCUT2D eigenvalue weighted by atomic mass is 16.5. The van der Waals surface area contributed by atoms with Crippen molar-refractivity contribution in [3.63, 3.8) is 0 Å². The van der Waals surface area contributed by atoms with Crippen LogP contribution in [0.2, 0.25) is 0 Å². The lowest BCUT2D eigenvalue weighted by molar-refractivity contribution is -0.150. The fourth-order valence-electron chi connectivity index (χ4n) is 3.06. The molecule has 0 aromatic carbocycles. The zero-order valence-corrected chi connectivity index (χ0v) is 16.7. The van der Waals surface area contributed by atoms with Gasteiger partial charge in [-0.25, -0.2) is 0 Å². The van der Waals surface area contributed by atoms with Gasteiger partial charge < -0.3 is 4.74 Å². The quantitative estimate of drug-likeness (QED) is 0.150. The highest BCUT2D eigenvalue weighted by Gasteiger charge is 2.16. The monoisotopic (exact) mass is 358 g/mol. The van der Waals surface area contributed by atoms with Gasteiger partial charge in [-0.2, -0.15) is 0 Å². The van der Waals surface area contributed by atoms with Gasteiger partial charge in [0.25, 0.3) is 0 Å². The second-order valence-electron chi connectivity index (χ2n) is 7.09. The van der Waals surface area contributed by atoms with Crippen molar-refractivity contribution in [2.24, 2.45) is 0 Å². The maximum atomic E-state index is 11.8. The van der Waals surface area contributed by atoms with Crippen molar-refractivity contribution in [3.8, 4) is 0 Å². The van der Waals surface area contributed by atoms with Crippen LogP contribution in [0.5, 0.6) is 0 Å². The van der Waals surface area contributed by atoms with E-state index < -0.39 is 0 Å². The molecule has 0 N–H and O–H groups in total. The van der Waals surface area contributed by atoms with Crippen LogP contribution in [0.4, 0.5) is 0 Å². The van der Waals surface area contributed by atoms with Crippen LogP contribution in [0.3, 0.4) is 0 Å². The number of carbonyl (C=O) groups excluding carboxylic acids is 1. The van der Waals surface area contributed by atoms with Crippen LogP contribution in [0.15, 0.2) is 48.6 Å². The van der Waals surface area contributed by atoms with Gasteiger partial charge in [0.05, 0.1) is 0 Å². The molecular formula is C24H38O2. The Morgan fingerprint density at radius 2 is 1.58 bits per heavy atom. The summed E-state index contributed by atoms with van der Waals surface area (Å²) in [6.45, 7) is 2.24. The summed E-state index contributed by atoms with van der Waals surface area (Å²) in [6, 6.07) is 0. The van der Waals surface area contributed by atoms with Crippen LogP contribution in [-0.4, -0.2) is 12.1 Å². The van der Waals surface area contributed by atoms with Gasteiger partial charge in [0, 0.05) is 6.42 Å². The van der Waals surface area contributed by atoms with Crippen LogP contribution in [0.1, 0.15) is 90.4 Å². The predicted molar refractivity (Wildman–Crippen MR) is 112 cm³/mol. The first-order chi connectivity index (χ1) is 12.8. The molecule has 0 aliphatic heterocycles. The van der Waals surface area contributed by atoms with Crippen LogP contribution in [0, 0.1) is 0 Å². The van der Waals surface area contributed by atoms with Crippen molar-refractivity contribution < 1.29 is 9.53 Å². The molecule has 0 bridgehead atoms. The lowest BCUT2D eigenvalue weighted by atomic mass is 9.98. The third kappa shape index (κ3) is 13.7. The van der Waals surface area contributed by atoms with E-state index in [1.54, 1.807) is 0 Å². The summed E-state index contributed by atoms with van der Waals surface area (Å²) in [6.07, 6.45) is 31.5. The largest absolute Gasteiger partial charge is 0.462 e. The first-order valence-electron chi connectivity index (χ1n) is 10.7. The summed E-state index contributed by atoms with van der Waals surface area (Å²) in [5, 5.41) is 0. The lowest BCUT2D eigenvalue weighted by Crippen LogP contribution is -2.20. The Morgan fingerprint density at radius 3 is 2.35 bits per heavy atom. The molecular weight excluding hydrogens is 320 g/mol. The third-order valence-electron chi connectivity index (χ3n) is 4.62. The van der Waals surface area contributed by atoms with E-state index in [-0.39, 0.29) is 12.1 Å². The van der Waals surface area contributed by atoms with E-state index in [1.807, 2.05) is 6.08 Å². The number of ether oxygens (including phenoxy) is 1. The minimum Gasteiger partial charge on any atom is -0.462 e. The van der Waals surface area contributed by atoms with E-state index in [1.165, 1.54) is 44.9 Å². The molecule has 1 rings (SSSR count). The molecule has 0 amide bonds. The number of esters is 1.